The van der Waals surface area contributed by atoms with Crippen LogP contribution in [0, 0.1) is 17.7 Å². The summed E-state index contributed by atoms with van der Waals surface area (Å²) in [5.74, 6) is 0.385. The van der Waals surface area contributed by atoms with E-state index in [1.54, 1.807) is 12.1 Å². The van der Waals surface area contributed by atoms with Crippen LogP contribution in [0.1, 0.15) is 63.4 Å². The number of unbranched alkanes of at least 4 members (excludes halogenated alkanes) is 1. The summed E-state index contributed by atoms with van der Waals surface area (Å²) in [7, 11) is 0. The minimum Gasteiger partial charge on any atom is -0.352 e. The van der Waals surface area contributed by atoms with Gasteiger partial charge in [-0.25, -0.2) is 9.37 Å². The number of halogens is 1. The van der Waals surface area contributed by atoms with Crippen molar-refractivity contribution in [3.63, 3.8) is 0 Å². The molecule has 38 heavy (non-hydrogen) atoms. The molecule has 4 aromatic rings. The van der Waals surface area contributed by atoms with Gasteiger partial charge in [-0.3, -0.25) is 4.79 Å². The van der Waals surface area contributed by atoms with Crippen molar-refractivity contribution in [2.45, 2.75) is 70.9 Å². The van der Waals surface area contributed by atoms with Gasteiger partial charge < -0.3 is 9.88 Å². The smallest absolute Gasteiger partial charge is 0.223 e. The normalized spacial score (nSPS) is 15.3. The summed E-state index contributed by atoms with van der Waals surface area (Å²) >= 11 is 0. The van der Waals surface area contributed by atoms with Crippen molar-refractivity contribution < 1.29 is 9.18 Å². The summed E-state index contributed by atoms with van der Waals surface area (Å²) in [6.07, 6.45) is 14.3. The number of rotatable bonds is 10. The number of hydrogen-bond donors (Lipinski definition) is 1. The predicted octanol–water partition coefficient (Wildman–Crippen LogP) is 7.92. The summed E-state index contributed by atoms with van der Waals surface area (Å²) in [4.78, 5) is 18.1. The van der Waals surface area contributed by atoms with Crippen molar-refractivity contribution in [1.29, 1.82) is 0 Å². The molecule has 4 nitrogen and oxygen atoms in total. The highest BCUT2D eigenvalue weighted by Gasteiger charge is 2.28. The summed E-state index contributed by atoms with van der Waals surface area (Å²) in [6.45, 7) is 1.33. The molecule has 0 radical (unpaired) electrons. The lowest BCUT2D eigenvalue weighted by molar-refractivity contribution is -0.127. The zero-order chi connectivity index (χ0) is 26.2. The largest absolute Gasteiger partial charge is 0.352 e. The first-order valence-corrected chi connectivity index (χ1v) is 14.2. The zero-order valence-corrected chi connectivity index (χ0v) is 22.1. The van der Waals surface area contributed by atoms with E-state index >= 15 is 0 Å². The lowest BCUT2D eigenvalue weighted by Crippen LogP contribution is -2.34. The molecule has 1 N–H and O–H groups in total. The number of nitrogens with zero attached hydrogens (tertiary/aromatic N) is 2. The van der Waals surface area contributed by atoms with E-state index in [0.29, 0.717) is 12.5 Å². The van der Waals surface area contributed by atoms with E-state index in [2.05, 4.69) is 51.4 Å². The molecule has 198 valence electrons. The van der Waals surface area contributed by atoms with Gasteiger partial charge in [0.25, 0.3) is 0 Å². The second kappa shape index (κ2) is 12.9. The van der Waals surface area contributed by atoms with E-state index in [-0.39, 0.29) is 17.6 Å². The van der Waals surface area contributed by atoms with Gasteiger partial charge in [-0.2, -0.15) is 0 Å². The second-order valence-corrected chi connectivity index (χ2v) is 10.7. The third kappa shape index (κ3) is 6.50. The van der Waals surface area contributed by atoms with Crippen molar-refractivity contribution in [2.75, 3.05) is 0 Å². The van der Waals surface area contributed by atoms with Gasteiger partial charge >= 0.3 is 0 Å². The van der Waals surface area contributed by atoms with E-state index in [1.165, 1.54) is 54.3 Å². The monoisotopic (exact) mass is 511 g/mol. The summed E-state index contributed by atoms with van der Waals surface area (Å²) in [5, 5.41) is 4.34. The van der Waals surface area contributed by atoms with Gasteiger partial charge in [0, 0.05) is 42.4 Å². The second-order valence-electron chi connectivity index (χ2n) is 10.7. The van der Waals surface area contributed by atoms with Crippen LogP contribution in [0.2, 0.25) is 0 Å². The van der Waals surface area contributed by atoms with Crippen LogP contribution >= 0.6 is 0 Å². The lowest BCUT2D eigenvalue weighted by atomic mass is 9.82. The van der Waals surface area contributed by atoms with Crippen molar-refractivity contribution >= 4 is 16.9 Å². The Balaban J connectivity index is 1.23. The third-order valence-corrected chi connectivity index (χ3v) is 8.07. The molecule has 0 bridgehead atoms. The molecule has 0 saturated heterocycles. The standard InChI is InChI=1S/C33H38FN3O/c34-28-19-17-25(18-20-28)23-36-33(38)29(26-11-4-1-2-5-12-26)15-8-9-22-37-24-31(27-13-6-3-7-14-27)30-16-10-21-35-32(30)37/h3,6-7,10,13-14,16-21,24,26,29H,1-2,4-5,8-9,11-12,15,22-23H2,(H,36,38). The fourth-order valence-electron chi connectivity index (χ4n) is 6.00. The molecule has 1 aliphatic rings. The van der Waals surface area contributed by atoms with Gasteiger partial charge in [0.05, 0.1) is 0 Å². The Morgan fingerprint density at radius 3 is 2.47 bits per heavy atom. The summed E-state index contributed by atoms with van der Waals surface area (Å²) in [6, 6.07) is 21.0. The van der Waals surface area contributed by atoms with Crippen LogP contribution < -0.4 is 5.32 Å². The highest BCUT2D eigenvalue weighted by Crippen LogP contribution is 2.33. The first kappa shape index (κ1) is 26.1. The van der Waals surface area contributed by atoms with Gasteiger partial charge in [0.2, 0.25) is 5.91 Å². The number of fused-ring (bicyclic) bond motifs is 1. The Labute approximate surface area is 225 Å². The minimum atomic E-state index is -0.252. The molecule has 2 aromatic heterocycles. The summed E-state index contributed by atoms with van der Waals surface area (Å²) in [5.41, 5.74) is 4.37. The number of benzene rings is 2. The molecule has 5 rings (SSSR count). The van der Waals surface area contributed by atoms with Crippen LogP contribution in [0.3, 0.4) is 0 Å². The average molecular weight is 512 g/mol. The number of aromatic nitrogens is 2. The van der Waals surface area contributed by atoms with Crippen LogP contribution in [-0.4, -0.2) is 15.5 Å². The van der Waals surface area contributed by atoms with Crippen LogP contribution in [0.25, 0.3) is 22.2 Å². The van der Waals surface area contributed by atoms with Gasteiger partial charge in [0.1, 0.15) is 11.5 Å². The highest BCUT2D eigenvalue weighted by atomic mass is 19.1. The molecule has 0 aliphatic heterocycles. The molecule has 0 spiro atoms. The molecule has 1 amide bonds. The Hall–Kier alpha value is -3.47. The van der Waals surface area contributed by atoms with E-state index in [9.17, 15) is 9.18 Å². The van der Waals surface area contributed by atoms with Crippen molar-refractivity contribution in [3.8, 4) is 11.1 Å². The number of amides is 1. The first-order valence-electron chi connectivity index (χ1n) is 14.2. The van der Waals surface area contributed by atoms with E-state index < -0.39 is 0 Å². The molecular formula is C33H38FN3O. The molecule has 1 saturated carbocycles. The number of carbonyl (C=O) groups excluding carboxylic acids is 1. The molecular weight excluding hydrogens is 473 g/mol. The predicted molar refractivity (Wildman–Crippen MR) is 152 cm³/mol. The fraction of sp³-hybridized carbons (Fsp3) is 0.394. The molecule has 1 aliphatic carbocycles. The van der Waals surface area contributed by atoms with E-state index in [4.69, 9.17) is 0 Å². The molecule has 2 aromatic carbocycles. The lowest BCUT2D eigenvalue weighted by Gasteiger charge is -2.25. The maximum atomic E-state index is 13.4. The van der Waals surface area contributed by atoms with Gasteiger partial charge in [-0.05, 0) is 67.0 Å². The van der Waals surface area contributed by atoms with Crippen molar-refractivity contribution in [3.05, 3.63) is 90.5 Å². The number of nitrogens with one attached hydrogen (secondary N) is 1. The topological polar surface area (TPSA) is 46.9 Å². The zero-order valence-electron chi connectivity index (χ0n) is 22.1. The van der Waals surface area contributed by atoms with Crippen molar-refractivity contribution in [1.82, 2.24) is 14.9 Å². The van der Waals surface area contributed by atoms with Gasteiger partial charge in [-0.15, -0.1) is 0 Å². The molecule has 5 heteroatoms. The first-order chi connectivity index (χ1) is 18.7. The van der Waals surface area contributed by atoms with Gasteiger partial charge in [0.15, 0.2) is 0 Å². The van der Waals surface area contributed by atoms with Crippen molar-refractivity contribution in [2.24, 2.45) is 11.8 Å². The average Bonchev–Trinajstić information content (AvgIpc) is 3.11. The highest BCUT2D eigenvalue weighted by molar-refractivity contribution is 5.94. The Bertz CT molecular complexity index is 1310. The van der Waals surface area contributed by atoms with Crippen LogP contribution in [0.4, 0.5) is 4.39 Å². The third-order valence-electron chi connectivity index (χ3n) is 8.07. The Kier molecular flexibility index (Phi) is 8.85. The van der Waals surface area contributed by atoms with Crippen LogP contribution in [-0.2, 0) is 17.9 Å². The Morgan fingerprint density at radius 2 is 1.71 bits per heavy atom. The molecule has 2 heterocycles. The number of pyridine rings is 1. The number of hydrogen-bond acceptors (Lipinski definition) is 2. The maximum absolute atomic E-state index is 13.4. The quantitative estimate of drug-likeness (QED) is 0.174. The fourth-order valence-corrected chi connectivity index (χ4v) is 6.00. The number of aryl methyl sites for hydroxylation is 1. The minimum absolute atomic E-state index is 0.0351. The summed E-state index contributed by atoms with van der Waals surface area (Å²) < 4.78 is 15.5. The maximum Gasteiger partial charge on any atom is 0.223 e. The molecule has 1 fully saturated rings. The number of carbonyl (C=O) groups is 1. The molecule has 1 atom stereocenters. The Morgan fingerprint density at radius 1 is 0.947 bits per heavy atom. The van der Waals surface area contributed by atoms with Crippen LogP contribution in [0.15, 0.2) is 79.1 Å². The molecule has 1 unspecified atom stereocenters. The SMILES string of the molecule is O=C(NCc1ccc(F)cc1)C(CCCCn1cc(-c2ccccc2)c2cccnc21)C1CCCCCC1. The van der Waals surface area contributed by atoms with E-state index in [1.807, 2.05) is 18.3 Å². The van der Waals surface area contributed by atoms with Gasteiger partial charge in [-0.1, -0.05) is 74.6 Å². The van der Waals surface area contributed by atoms with Crippen LogP contribution in [0.5, 0.6) is 0 Å². The van der Waals surface area contributed by atoms with E-state index in [0.717, 1.165) is 49.9 Å².